The van der Waals surface area contributed by atoms with Crippen molar-refractivity contribution in [1.29, 1.82) is 0 Å². The summed E-state index contributed by atoms with van der Waals surface area (Å²) in [5.41, 5.74) is 2.23. The highest BCUT2D eigenvalue weighted by Gasteiger charge is 2.48. The van der Waals surface area contributed by atoms with Gasteiger partial charge in [-0.3, -0.25) is 4.98 Å². The number of aryl methyl sites for hydroxylation is 2. The topological polar surface area (TPSA) is 16.8 Å². The molecule has 0 bridgehead atoms. The second-order valence-corrected chi connectivity index (χ2v) is 8.05. The predicted molar refractivity (Wildman–Crippen MR) is 108 cm³/mol. The highest BCUT2D eigenvalue weighted by molar-refractivity contribution is 5.16. The van der Waals surface area contributed by atoms with Gasteiger partial charge in [-0.25, -0.2) is 30.9 Å². The summed E-state index contributed by atoms with van der Waals surface area (Å²) < 4.78 is 81.8. The highest BCUT2D eigenvalue weighted by Crippen LogP contribution is 2.39. The molecule has 2 heterocycles. The minimum absolute atomic E-state index is 0. The molecule has 31 heavy (non-hydrogen) atoms. The lowest BCUT2D eigenvalue weighted by Gasteiger charge is -2.24. The molecule has 0 aliphatic rings. The third-order valence-electron chi connectivity index (χ3n) is 4.92. The molecule has 0 saturated heterocycles. The Kier molecular flexibility index (Phi) is 9.51. The average molecular weight is 448 g/mol. The van der Waals surface area contributed by atoms with E-state index in [0.717, 1.165) is 18.4 Å². The molecular weight excluding hydrogens is 418 g/mol. The van der Waals surface area contributed by atoms with E-state index in [1.54, 1.807) is 24.8 Å². The maximum atomic E-state index is 13.9. The third kappa shape index (κ3) is 10.2. The summed E-state index contributed by atoms with van der Waals surface area (Å²) in [7, 11) is 0. The second-order valence-electron chi connectivity index (χ2n) is 8.05. The van der Waals surface area contributed by atoms with Crippen molar-refractivity contribution < 1.29 is 30.9 Å². The van der Waals surface area contributed by atoms with Gasteiger partial charge in [0.25, 0.3) is 17.8 Å². The summed E-state index contributed by atoms with van der Waals surface area (Å²) in [4.78, 5) is 3.99. The number of halogens is 6. The van der Waals surface area contributed by atoms with E-state index in [4.69, 9.17) is 0 Å². The van der Waals surface area contributed by atoms with Crippen LogP contribution in [-0.4, -0.2) is 22.8 Å². The molecule has 0 radical (unpaired) electrons. The van der Waals surface area contributed by atoms with Gasteiger partial charge in [-0.15, -0.1) is 0 Å². The van der Waals surface area contributed by atoms with Crippen LogP contribution >= 0.6 is 0 Å². The summed E-state index contributed by atoms with van der Waals surface area (Å²) in [5, 5.41) is 0. The molecule has 2 aromatic heterocycles. The minimum Gasteiger partial charge on any atom is -0.358 e. The van der Waals surface area contributed by atoms with Crippen LogP contribution in [0.25, 0.3) is 0 Å². The van der Waals surface area contributed by atoms with Crippen molar-refractivity contribution in [2.45, 2.75) is 76.2 Å². The van der Waals surface area contributed by atoms with Crippen molar-refractivity contribution in [2.75, 3.05) is 0 Å². The number of aromatic nitrogens is 2. The van der Waals surface area contributed by atoms with E-state index < -0.39 is 37.0 Å². The van der Waals surface area contributed by atoms with Crippen LogP contribution in [0, 0.1) is 7.43 Å². The number of rotatable bonds is 11. The number of alkyl halides is 6. The van der Waals surface area contributed by atoms with E-state index in [-0.39, 0.29) is 14.0 Å². The Morgan fingerprint density at radius 1 is 0.903 bits per heavy atom. The number of pyridine rings is 2. The Morgan fingerprint density at radius 2 is 1.48 bits per heavy atom. The van der Waals surface area contributed by atoms with E-state index in [1.165, 1.54) is 10.1 Å². The third-order valence-corrected chi connectivity index (χ3v) is 4.92. The van der Waals surface area contributed by atoms with Crippen molar-refractivity contribution in [3.8, 4) is 0 Å². The lowest BCUT2D eigenvalue weighted by Crippen LogP contribution is -2.39. The first-order valence-electron chi connectivity index (χ1n) is 9.87. The molecule has 0 fully saturated rings. The summed E-state index contributed by atoms with van der Waals surface area (Å²) in [6.07, 6.45) is 3.85. The number of nitrogens with zero attached hydrogens (tertiary/aromatic N) is 2. The average Bonchev–Trinajstić information content (AvgIpc) is 2.63. The molecule has 2 rings (SSSR count). The summed E-state index contributed by atoms with van der Waals surface area (Å²) in [6, 6.07) is 7.55. The van der Waals surface area contributed by atoms with Gasteiger partial charge in [-0.1, -0.05) is 6.92 Å². The first kappa shape index (κ1) is 26.9. The van der Waals surface area contributed by atoms with Crippen molar-refractivity contribution in [3.63, 3.8) is 0 Å². The summed E-state index contributed by atoms with van der Waals surface area (Å²) in [5.74, 6) is -11.2. The Hall–Kier alpha value is -2.12. The zero-order valence-corrected chi connectivity index (χ0v) is 18.1. The standard InChI is InChI=1S/C22H27F6N2.CH3/c1-17(19-5-10-29-11-6-19)3-4-18-7-12-30(13-8-18)14-9-21(25,26)16-22(27,28)15-20(2,23)24;/h5-8,10-13,17H,3-4,9,14-16H2,1-2H3;1H3/q+1;-1. The molecule has 0 aliphatic carbocycles. The van der Waals surface area contributed by atoms with Gasteiger partial charge in [0.05, 0.1) is 19.3 Å². The molecule has 1 unspecified atom stereocenters. The molecule has 2 aromatic rings. The van der Waals surface area contributed by atoms with E-state index in [2.05, 4.69) is 11.9 Å². The van der Waals surface area contributed by atoms with Crippen LogP contribution in [0.3, 0.4) is 0 Å². The van der Waals surface area contributed by atoms with Gasteiger partial charge in [0.2, 0.25) is 0 Å². The smallest absolute Gasteiger partial charge is 0.259 e. The molecule has 0 N–H and O–H groups in total. The van der Waals surface area contributed by atoms with Gasteiger partial charge in [0.15, 0.2) is 18.9 Å². The Labute approximate surface area is 180 Å². The quantitative estimate of drug-likeness (QED) is 0.214. The molecule has 0 spiro atoms. The van der Waals surface area contributed by atoms with Crippen LogP contribution in [0.2, 0.25) is 0 Å². The number of hydrogen-bond donors (Lipinski definition) is 0. The van der Waals surface area contributed by atoms with Crippen molar-refractivity contribution in [3.05, 3.63) is 67.6 Å². The molecule has 0 aliphatic heterocycles. The summed E-state index contributed by atoms with van der Waals surface area (Å²) >= 11 is 0. The molecule has 174 valence electrons. The van der Waals surface area contributed by atoms with Crippen LogP contribution in [0.5, 0.6) is 0 Å². The lowest BCUT2D eigenvalue weighted by molar-refractivity contribution is -0.699. The van der Waals surface area contributed by atoms with Crippen molar-refractivity contribution >= 4 is 0 Å². The molecule has 2 nitrogen and oxygen atoms in total. The maximum absolute atomic E-state index is 13.9. The molecule has 0 saturated carbocycles. The molecule has 1 atom stereocenters. The van der Waals surface area contributed by atoms with E-state index in [0.29, 0.717) is 12.8 Å². The van der Waals surface area contributed by atoms with Gasteiger partial charge in [0, 0.05) is 24.5 Å². The zero-order chi connectivity index (χ0) is 22.4. The van der Waals surface area contributed by atoms with Gasteiger partial charge in [0.1, 0.15) is 0 Å². The van der Waals surface area contributed by atoms with Gasteiger partial charge >= 0.3 is 0 Å². The van der Waals surface area contributed by atoms with Crippen LogP contribution in [0.4, 0.5) is 26.3 Å². The fourth-order valence-corrected chi connectivity index (χ4v) is 3.32. The van der Waals surface area contributed by atoms with Crippen LogP contribution in [0.15, 0.2) is 49.1 Å². The maximum Gasteiger partial charge on any atom is 0.259 e. The van der Waals surface area contributed by atoms with Crippen LogP contribution in [0.1, 0.15) is 56.6 Å². The fourth-order valence-electron chi connectivity index (χ4n) is 3.32. The monoisotopic (exact) mass is 448 g/mol. The van der Waals surface area contributed by atoms with Crippen molar-refractivity contribution in [1.82, 2.24) is 4.98 Å². The molecule has 0 amide bonds. The largest absolute Gasteiger partial charge is 0.358 e. The molecule has 0 aromatic carbocycles. The van der Waals surface area contributed by atoms with Crippen LogP contribution in [-0.2, 0) is 13.0 Å². The summed E-state index contributed by atoms with van der Waals surface area (Å²) in [6.45, 7) is 2.23. The van der Waals surface area contributed by atoms with Crippen molar-refractivity contribution in [2.24, 2.45) is 0 Å². The van der Waals surface area contributed by atoms with Gasteiger partial charge in [-0.2, -0.15) is 0 Å². The number of hydrogen-bond acceptors (Lipinski definition) is 1. The molecule has 8 heteroatoms. The second kappa shape index (κ2) is 11.0. The van der Waals surface area contributed by atoms with Gasteiger partial charge < -0.3 is 7.43 Å². The fraction of sp³-hybridized carbons (Fsp3) is 0.522. The zero-order valence-electron chi connectivity index (χ0n) is 18.1. The minimum atomic E-state index is -4.12. The van der Waals surface area contributed by atoms with Gasteiger partial charge in [-0.05, 0) is 48.9 Å². The Bertz CT molecular complexity index is 773. The first-order valence-corrected chi connectivity index (χ1v) is 9.87. The Morgan fingerprint density at radius 3 is 2.03 bits per heavy atom. The van der Waals surface area contributed by atoms with E-state index >= 15 is 0 Å². The highest BCUT2D eigenvalue weighted by atomic mass is 19.3. The van der Waals surface area contributed by atoms with E-state index in [9.17, 15) is 26.3 Å². The normalized spacial score (nSPS) is 13.5. The van der Waals surface area contributed by atoms with E-state index in [1.807, 2.05) is 24.3 Å². The first-order chi connectivity index (χ1) is 13.9. The molecular formula is C23H30F6N2. The SMILES string of the molecule is CC(CCc1cc[n+](CCC(F)(F)CC(F)(F)CC(C)(F)F)cc1)c1ccncc1.[CH3-]. The lowest BCUT2D eigenvalue weighted by atomic mass is 9.95. The Balaban J connectivity index is 0.00000480. The van der Waals surface area contributed by atoms with Crippen LogP contribution < -0.4 is 4.57 Å². The predicted octanol–water partition coefficient (Wildman–Crippen LogP) is 6.65.